The second kappa shape index (κ2) is 9.60. The second-order valence-electron chi connectivity index (χ2n) is 5.76. The molecule has 0 unspecified atom stereocenters. The lowest BCUT2D eigenvalue weighted by atomic mass is 10.1. The largest absolute Gasteiger partial charge is 0.452 e. The minimum atomic E-state index is -0.622. The Labute approximate surface area is 163 Å². The minimum Gasteiger partial charge on any atom is -0.452 e. The summed E-state index contributed by atoms with van der Waals surface area (Å²) in [5.74, 6) is 1.19. The number of benzene rings is 1. The fraction of sp³-hybridized carbons (Fsp3) is 0.250. The van der Waals surface area contributed by atoms with Gasteiger partial charge in [-0.25, -0.2) is 4.79 Å². The van der Waals surface area contributed by atoms with Crippen LogP contribution in [0.25, 0.3) is 6.08 Å². The molecule has 0 aliphatic carbocycles. The van der Waals surface area contributed by atoms with Crippen LogP contribution in [-0.2, 0) is 20.9 Å². The first kappa shape index (κ1) is 20.3. The van der Waals surface area contributed by atoms with E-state index in [2.05, 4.69) is 16.3 Å². The maximum absolute atomic E-state index is 11.8. The zero-order valence-electron chi connectivity index (χ0n) is 15.2. The van der Waals surface area contributed by atoms with E-state index in [0.717, 1.165) is 22.5 Å². The molecule has 0 aliphatic rings. The molecule has 0 aliphatic heterocycles. The molecule has 0 radical (unpaired) electrons. The third-order valence-electron chi connectivity index (χ3n) is 3.83. The molecule has 6 nitrogen and oxygen atoms in total. The van der Waals surface area contributed by atoms with Gasteiger partial charge in [0.15, 0.2) is 6.61 Å². The first-order valence-corrected chi connectivity index (χ1v) is 8.62. The topological polar surface area (TPSA) is 73.2 Å². The predicted octanol–water partition coefficient (Wildman–Crippen LogP) is 2.51. The highest BCUT2D eigenvalue weighted by molar-refractivity contribution is 6.31. The van der Waals surface area contributed by atoms with E-state index in [0.29, 0.717) is 11.6 Å². The van der Waals surface area contributed by atoms with Gasteiger partial charge in [-0.3, -0.25) is 9.48 Å². The van der Waals surface area contributed by atoms with Gasteiger partial charge in [0.2, 0.25) is 0 Å². The fourth-order valence-corrected chi connectivity index (χ4v) is 2.63. The van der Waals surface area contributed by atoms with Crippen molar-refractivity contribution < 1.29 is 14.3 Å². The Morgan fingerprint density at radius 3 is 2.81 bits per heavy atom. The second-order valence-corrected chi connectivity index (χ2v) is 6.16. The van der Waals surface area contributed by atoms with Crippen LogP contribution < -0.4 is 5.32 Å². The van der Waals surface area contributed by atoms with Crippen molar-refractivity contribution in [2.45, 2.75) is 20.4 Å². The van der Waals surface area contributed by atoms with Gasteiger partial charge in [0.05, 0.1) is 18.8 Å². The predicted molar refractivity (Wildman–Crippen MR) is 104 cm³/mol. The summed E-state index contributed by atoms with van der Waals surface area (Å²) < 4.78 is 6.70. The van der Waals surface area contributed by atoms with E-state index in [1.165, 1.54) is 6.08 Å². The molecule has 2 rings (SSSR count). The smallest absolute Gasteiger partial charge is 0.331 e. The van der Waals surface area contributed by atoms with Crippen molar-refractivity contribution in [3.8, 4) is 12.3 Å². The zero-order valence-corrected chi connectivity index (χ0v) is 15.9. The van der Waals surface area contributed by atoms with E-state index >= 15 is 0 Å². The Morgan fingerprint density at radius 2 is 2.11 bits per heavy atom. The Kier molecular flexibility index (Phi) is 7.21. The van der Waals surface area contributed by atoms with Crippen LogP contribution in [0.1, 0.15) is 22.5 Å². The molecule has 7 heteroatoms. The SMILES string of the molecule is C#CCNC(=O)COC(=O)/C=C/c1c(C)nn(Cc2ccccc2Cl)c1C. The number of amides is 1. The Balaban J connectivity index is 2.02. The van der Waals surface area contributed by atoms with Gasteiger partial charge in [-0.15, -0.1) is 6.42 Å². The Bertz CT molecular complexity index is 910. The number of aromatic nitrogens is 2. The summed E-state index contributed by atoms with van der Waals surface area (Å²) >= 11 is 6.21. The Morgan fingerprint density at radius 1 is 1.37 bits per heavy atom. The van der Waals surface area contributed by atoms with E-state index in [9.17, 15) is 9.59 Å². The van der Waals surface area contributed by atoms with Gasteiger partial charge < -0.3 is 10.1 Å². The van der Waals surface area contributed by atoms with Crippen molar-refractivity contribution in [2.75, 3.05) is 13.2 Å². The molecule has 0 bridgehead atoms. The van der Waals surface area contributed by atoms with Crippen LogP contribution in [0, 0.1) is 26.2 Å². The first-order chi connectivity index (χ1) is 12.9. The summed E-state index contributed by atoms with van der Waals surface area (Å²) in [6.45, 7) is 4.01. The van der Waals surface area contributed by atoms with Crippen LogP contribution in [0.3, 0.4) is 0 Å². The third kappa shape index (κ3) is 5.73. The van der Waals surface area contributed by atoms with Crippen molar-refractivity contribution >= 4 is 29.6 Å². The first-order valence-electron chi connectivity index (χ1n) is 8.24. The monoisotopic (exact) mass is 385 g/mol. The van der Waals surface area contributed by atoms with Gasteiger partial charge in [0.25, 0.3) is 5.91 Å². The quantitative estimate of drug-likeness (QED) is 0.451. The number of nitrogens with one attached hydrogen (secondary N) is 1. The number of carbonyl (C=O) groups excluding carboxylic acids is 2. The van der Waals surface area contributed by atoms with E-state index in [-0.39, 0.29) is 13.2 Å². The van der Waals surface area contributed by atoms with Crippen LogP contribution in [0.2, 0.25) is 5.02 Å². The molecular weight excluding hydrogens is 366 g/mol. The number of halogens is 1. The summed E-state index contributed by atoms with van der Waals surface area (Å²) in [6.07, 6.45) is 7.93. The summed E-state index contributed by atoms with van der Waals surface area (Å²) in [5.41, 5.74) is 3.44. The van der Waals surface area contributed by atoms with Crippen molar-refractivity contribution in [2.24, 2.45) is 0 Å². The average molecular weight is 386 g/mol. The molecule has 140 valence electrons. The summed E-state index contributed by atoms with van der Waals surface area (Å²) in [6, 6.07) is 7.57. The van der Waals surface area contributed by atoms with Crippen LogP contribution in [-0.4, -0.2) is 34.8 Å². The molecule has 1 N–H and O–H groups in total. The maximum atomic E-state index is 11.8. The molecule has 1 aromatic carbocycles. The molecule has 1 heterocycles. The van der Waals surface area contributed by atoms with Crippen molar-refractivity contribution in [1.82, 2.24) is 15.1 Å². The van der Waals surface area contributed by atoms with Gasteiger partial charge in [0.1, 0.15) is 0 Å². The number of hydrogen-bond acceptors (Lipinski definition) is 4. The Hall–Kier alpha value is -3.04. The molecular formula is C20H20ClN3O3. The maximum Gasteiger partial charge on any atom is 0.331 e. The average Bonchev–Trinajstić information content (AvgIpc) is 2.91. The van der Waals surface area contributed by atoms with Gasteiger partial charge in [0, 0.05) is 22.4 Å². The molecule has 1 amide bonds. The number of esters is 1. The molecule has 0 spiro atoms. The molecule has 1 aromatic heterocycles. The van der Waals surface area contributed by atoms with Crippen LogP contribution in [0.4, 0.5) is 0 Å². The number of nitrogens with zero attached hydrogens (tertiary/aromatic N) is 2. The number of terminal acetylenes is 1. The fourth-order valence-electron chi connectivity index (χ4n) is 2.43. The van der Waals surface area contributed by atoms with E-state index in [1.807, 2.05) is 42.8 Å². The van der Waals surface area contributed by atoms with Crippen LogP contribution in [0.5, 0.6) is 0 Å². The highest BCUT2D eigenvalue weighted by Crippen LogP contribution is 2.20. The van der Waals surface area contributed by atoms with Crippen molar-refractivity contribution in [3.05, 3.63) is 57.9 Å². The van der Waals surface area contributed by atoms with Crippen LogP contribution >= 0.6 is 11.6 Å². The van der Waals surface area contributed by atoms with Gasteiger partial charge in [-0.1, -0.05) is 35.7 Å². The lowest BCUT2D eigenvalue weighted by Crippen LogP contribution is -2.28. The zero-order chi connectivity index (χ0) is 19.8. The van der Waals surface area contributed by atoms with E-state index in [4.69, 9.17) is 22.8 Å². The van der Waals surface area contributed by atoms with Crippen LogP contribution in [0.15, 0.2) is 30.3 Å². The van der Waals surface area contributed by atoms with Crippen molar-refractivity contribution in [1.29, 1.82) is 0 Å². The number of hydrogen-bond donors (Lipinski definition) is 1. The van der Waals surface area contributed by atoms with Gasteiger partial charge in [-0.2, -0.15) is 5.10 Å². The van der Waals surface area contributed by atoms with Crippen molar-refractivity contribution in [3.63, 3.8) is 0 Å². The van der Waals surface area contributed by atoms with Gasteiger partial charge >= 0.3 is 5.97 Å². The van der Waals surface area contributed by atoms with E-state index in [1.54, 1.807) is 6.08 Å². The lowest BCUT2D eigenvalue weighted by molar-refractivity contribution is -0.143. The number of aryl methyl sites for hydroxylation is 1. The number of ether oxygens (including phenoxy) is 1. The summed E-state index contributed by atoms with van der Waals surface area (Å²) in [5, 5.41) is 7.59. The standard InChI is InChI=1S/C20H20ClN3O3/c1-4-11-22-19(25)13-27-20(26)10-9-17-14(2)23-24(15(17)3)12-16-7-5-6-8-18(16)21/h1,5-10H,11-13H2,2-3H3,(H,22,25)/b10-9+. The highest BCUT2D eigenvalue weighted by atomic mass is 35.5. The molecule has 27 heavy (non-hydrogen) atoms. The lowest BCUT2D eigenvalue weighted by Gasteiger charge is -2.06. The summed E-state index contributed by atoms with van der Waals surface area (Å²) in [4.78, 5) is 23.1. The third-order valence-corrected chi connectivity index (χ3v) is 4.20. The minimum absolute atomic E-state index is 0.0925. The van der Waals surface area contributed by atoms with E-state index < -0.39 is 11.9 Å². The molecule has 2 aromatic rings. The summed E-state index contributed by atoms with van der Waals surface area (Å²) in [7, 11) is 0. The highest BCUT2D eigenvalue weighted by Gasteiger charge is 2.11. The molecule has 0 fully saturated rings. The van der Waals surface area contributed by atoms with Gasteiger partial charge in [-0.05, 0) is 31.6 Å². The number of rotatable bonds is 7. The molecule has 0 saturated carbocycles. The molecule has 0 atom stereocenters. The number of carbonyl (C=O) groups is 2. The normalized spacial score (nSPS) is 10.6. The molecule has 0 saturated heterocycles.